The van der Waals surface area contributed by atoms with E-state index < -0.39 is 0 Å². The second kappa shape index (κ2) is 6.61. The van der Waals surface area contributed by atoms with Gasteiger partial charge in [0.2, 0.25) is 5.91 Å². The minimum absolute atomic E-state index is 0.203. The van der Waals surface area contributed by atoms with Crippen LogP contribution in [0.2, 0.25) is 0 Å². The number of carbonyl (C=O) groups excluding carboxylic acids is 1. The highest BCUT2D eigenvalue weighted by molar-refractivity contribution is 5.75. The van der Waals surface area contributed by atoms with E-state index in [2.05, 4.69) is 9.97 Å². The van der Waals surface area contributed by atoms with Gasteiger partial charge in [0.25, 0.3) is 0 Å². The van der Waals surface area contributed by atoms with Crippen molar-refractivity contribution in [2.75, 3.05) is 26.3 Å². The number of ether oxygens (including phenoxy) is 1. The van der Waals surface area contributed by atoms with Crippen LogP contribution in [0.4, 0.5) is 0 Å². The zero-order valence-electron chi connectivity index (χ0n) is 11.6. The summed E-state index contributed by atoms with van der Waals surface area (Å²) >= 11 is 0. The van der Waals surface area contributed by atoms with Gasteiger partial charge in [-0.1, -0.05) is 6.92 Å². The maximum absolute atomic E-state index is 11.8. The molecule has 1 aliphatic rings. The van der Waals surface area contributed by atoms with Gasteiger partial charge in [0.1, 0.15) is 6.33 Å². The number of carbonyl (C=O) groups is 1. The third-order valence-electron chi connectivity index (χ3n) is 3.35. The monoisotopic (exact) mass is 263 g/mol. The molecule has 2 heterocycles. The third kappa shape index (κ3) is 3.99. The average Bonchev–Trinajstić information content (AvgIpc) is 2.63. The van der Waals surface area contributed by atoms with Gasteiger partial charge in [-0.15, -0.1) is 0 Å². The number of hydrogen-bond donors (Lipinski definition) is 0. The van der Waals surface area contributed by atoms with E-state index in [0.29, 0.717) is 32.1 Å². The Morgan fingerprint density at radius 3 is 3.11 bits per heavy atom. The largest absolute Gasteiger partial charge is 0.379 e. The molecule has 5 nitrogen and oxygen atoms in total. The Morgan fingerprint density at radius 2 is 2.37 bits per heavy atom. The Morgan fingerprint density at radius 1 is 1.53 bits per heavy atom. The number of rotatable bonds is 3. The summed E-state index contributed by atoms with van der Waals surface area (Å²) in [7, 11) is 0. The highest BCUT2D eigenvalue weighted by Crippen LogP contribution is 2.13. The second-order valence-electron chi connectivity index (χ2n) is 4.99. The summed E-state index contributed by atoms with van der Waals surface area (Å²) in [6.07, 6.45) is 2.98. The van der Waals surface area contributed by atoms with E-state index in [4.69, 9.17) is 4.74 Å². The first kappa shape index (κ1) is 13.9. The molecule has 0 bridgehead atoms. The van der Waals surface area contributed by atoms with E-state index in [9.17, 15) is 4.79 Å². The van der Waals surface area contributed by atoms with Crippen LogP contribution in [0.1, 0.15) is 24.7 Å². The second-order valence-corrected chi connectivity index (χ2v) is 4.99. The van der Waals surface area contributed by atoms with E-state index in [1.807, 2.05) is 24.8 Å². The van der Waals surface area contributed by atoms with Crippen LogP contribution in [0.25, 0.3) is 0 Å². The van der Waals surface area contributed by atoms with Crippen molar-refractivity contribution in [3.8, 4) is 0 Å². The maximum Gasteiger partial charge on any atom is 0.222 e. The SMILES string of the molecule is CCC(=O)N1CCOCC(Cc2cc(C)ncn2)C1. The van der Waals surface area contributed by atoms with Gasteiger partial charge in [-0.25, -0.2) is 9.97 Å². The minimum atomic E-state index is 0.203. The van der Waals surface area contributed by atoms with Crippen LogP contribution in [-0.2, 0) is 16.0 Å². The summed E-state index contributed by atoms with van der Waals surface area (Å²) in [4.78, 5) is 22.1. The fourth-order valence-electron chi connectivity index (χ4n) is 2.37. The van der Waals surface area contributed by atoms with Gasteiger partial charge in [-0.3, -0.25) is 4.79 Å². The molecule has 0 spiro atoms. The molecule has 1 saturated heterocycles. The maximum atomic E-state index is 11.8. The Balaban J connectivity index is 2.00. The first-order valence-electron chi connectivity index (χ1n) is 6.82. The molecule has 104 valence electrons. The molecule has 0 radical (unpaired) electrons. The van der Waals surface area contributed by atoms with Gasteiger partial charge >= 0.3 is 0 Å². The van der Waals surface area contributed by atoms with Crippen LogP contribution in [0.15, 0.2) is 12.4 Å². The first-order valence-corrected chi connectivity index (χ1v) is 6.82. The third-order valence-corrected chi connectivity index (χ3v) is 3.35. The normalized spacial score (nSPS) is 20.1. The number of aromatic nitrogens is 2. The van der Waals surface area contributed by atoms with Crippen molar-refractivity contribution in [2.24, 2.45) is 5.92 Å². The molecule has 0 aliphatic carbocycles. The van der Waals surface area contributed by atoms with Crippen LogP contribution < -0.4 is 0 Å². The van der Waals surface area contributed by atoms with Gasteiger partial charge in [0, 0.05) is 36.8 Å². The summed E-state index contributed by atoms with van der Waals surface area (Å²) in [5.41, 5.74) is 1.99. The van der Waals surface area contributed by atoms with Crippen molar-refractivity contribution in [3.05, 3.63) is 23.8 Å². The zero-order chi connectivity index (χ0) is 13.7. The van der Waals surface area contributed by atoms with E-state index >= 15 is 0 Å². The fourth-order valence-corrected chi connectivity index (χ4v) is 2.37. The van der Waals surface area contributed by atoms with E-state index in [0.717, 1.165) is 24.4 Å². The molecular weight excluding hydrogens is 242 g/mol. The summed E-state index contributed by atoms with van der Waals surface area (Å²) in [6.45, 7) is 6.64. The van der Waals surface area contributed by atoms with Gasteiger partial charge in [-0.2, -0.15) is 0 Å². The van der Waals surface area contributed by atoms with Crippen LogP contribution >= 0.6 is 0 Å². The Hall–Kier alpha value is -1.49. The fraction of sp³-hybridized carbons (Fsp3) is 0.643. The lowest BCUT2D eigenvalue weighted by atomic mass is 10.0. The van der Waals surface area contributed by atoms with Gasteiger partial charge in [-0.05, 0) is 19.4 Å². The Bertz CT molecular complexity index is 436. The molecule has 1 aromatic heterocycles. The minimum Gasteiger partial charge on any atom is -0.379 e. The van der Waals surface area contributed by atoms with Crippen LogP contribution in [0.5, 0.6) is 0 Å². The summed E-state index contributed by atoms with van der Waals surface area (Å²) < 4.78 is 5.60. The van der Waals surface area contributed by atoms with Gasteiger partial charge in [0.05, 0.1) is 13.2 Å². The van der Waals surface area contributed by atoms with E-state index in [1.54, 1.807) is 6.33 Å². The zero-order valence-corrected chi connectivity index (χ0v) is 11.6. The molecule has 0 N–H and O–H groups in total. The molecule has 0 aromatic carbocycles. The van der Waals surface area contributed by atoms with Crippen molar-refractivity contribution in [3.63, 3.8) is 0 Å². The van der Waals surface area contributed by atoms with Crippen molar-refractivity contribution in [1.82, 2.24) is 14.9 Å². The molecule has 1 aliphatic heterocycles. The predicted molar refractivity (Wildman–Crippen MR) is 71.7 cm³/mol. The molecule has 1 aromatic rings. The smallest absolute Gasteiger partial charge is 0.222 e. The topological polar surface area (TPSA) is 55.3 Å². The molecule has 1 amide bonds. The standard InChI is InChI=1S/C14H21N3O2/c1-3-14(18)17-4-5-19-9-12(8-17)7-13-6-11(2)15-10-16-13/h6,10,12H,3-5,7-9H2,1-2H3. The molecule has 1 fully saturated rings. The first-order chi connectivity index (χ1) is 9.19. The Labute approximate surface area is 114 Å². The molecule has 0 saturated carbocycles. The van der Waals surface area contributed by atoms with Crippen LogP contribution in [-0.4, -0.2) is 47.1 Å². The van der Waals surface area contributed by atoms with Crippen molar-refractivity contribution >= 4 is 5.91 Å². The quantitative estimate of drug-likeness (QED) is 0.822. The molecule has 19 heavy (non-hydrogen) atoms. The number of nitrogens with zero attached hydrogens (tertiary/aromatic N) is 3. The summed E-state index contributed by atoms with van der Waals surface area (Å²) in [5.74, 6) is 0.515. The number of hydrogen-bond acceptors (Lipinski definition) is 4. The van der Waals surface area contributed by atoms with Crippen molar-refractivity contribution in [2.45, 2.75) is 26.7 Å². The highest BCUT2D eigenvalue weighted by Gasteiger charge is 2.22. The number of amides is 1. The van der Waals surface area contributed by atoms with E-state index in [1.165, 1.54) is 0 Å². The van der Waals surface area contributed by atoms with Crippen LogP contribution in [0.3, 0.4) is 0 Å². The lowest BCUT2D eigenvalue weighted by molar-refractivity contribution is -0.131. The summed E-state index contributed by atoms with van der Waals surface area (Å²) in [5, 5.41) is 0. The van der Waals surface area contributed by atoms with Crippen LogP contribution in [0, 0.1) is 12.8 Å². The molecule has 1 atom stereocenters. The van der Waals surface area contributed by atoms with Crippen molar-refractivity contribution in [1.29, 1.82) is 0 Å². The molecule has 5 heteroatoms. The Kier molecular flexibility index (Phi) is 4.85. The van der Waals surface area contributed by atoms with Crippen molar-refractivity contribution < 1.29 is 9.53 Å². The van der Waals surface area contributed by atoms with Gasteiger partial charge in [0.15, 0.2) is 0 Å². The lowest BCUT2D eigenvalue weighted by Crippen LogP contribution is -2.36. The van der Waals surface area contributed by atoms with E-state index in [-0.39, 0.29) is 5.91 Å². The average molecular weight is 263 g/mol. The summed E-state index contributed by atoms with van der Waals surface area (Å²) in [6, 6.07) is 2.00. The predicted octanol–water partition coefficient (Wildman–Crippen LogP) is 1.21. The molecular formula is C14H21N3O2. The molecule has 2 rings (SSSR count). The molecule has 1 unspecified atom stereocenters. The lowest BCUT2D eigenvalue weighted by Gasteiger charge is -2.23. The highest BCUT2D eigenvalue weighted by atomic mass is 16.5. The number of aryl methyl sites for hydroxylation is 1. The van der Waals surface area contributed by atoms with Gasteiger partial charge < -0.3 is 9.64 Å².